The van der Waals surface area contributed by atoms with Gasteiger partial charge in [-0.1, -0.05) is 12.1 Å². The summed E-state index contributed by atoms with van der Waals surface area (Å²) in [7, 11) is 0. The second-order valence-corrected chi connectivity index (χ2v) is 4.26. The molecule has 0 radical (unpaired) electrons. The van der Waals surface area contributed by atoms with Crippen LogP contribution < -0.4 is 10.9 Å². The fourth-order valence-corrected chi connectivity index (χ4v) is 1.73. The Bertz CT molecular complexity index is 679. The van der Waals surface area contributed by atoms with Crippen LogP contribution in [0.25, 0.3) is 0 Å². The average molecular weight is 289 g/mol. The maximum absolute atomic E-state index is 11.3. The Hall–Kier alpha value is -2.83. The Kier molecular flexibility index (Phi) is 4.55. The van der Waals surface area contributed by atoms with E-state index in [1.807, 2.05) is 0 Å². The molecular formula is C14H15N3O4. The van der Waals surface area contributed by atoms with Gasteiger partial charge in [-0.3, -0.25) is 14.6 Å². The van der Waals surface area contributed by atoms with E-state index >= 15 is 0 Å². The third kappa shape index (κ3) is 4.34. The van der Waals surface area contributed by atoms with Crippen molar-refractivity contribution in [1.82, 2.24) is 9.97 Å². The highest BCUT2D eigenvalue weighted by molar-refractivity contribution is 5.72. The Labute approximate surface area is 120 Å². The second kappa shape index (κ2) is 6.56. The van der Waals surface area contributed by atoms with E-state index < -0.39 is 5.56 Å². The van der Waals surface area contributed by atoms with Gasteiger partial charge in [0.15, 0.2) is 0 Å². The minimum atomic E-state index is -0.455. The van der Waals surface area contributed by atoms with Gasteiger partial charge in [-0.25, -0.2) is 0 Å². The summed E-state index contributed by atoms with van der Waals surface area (Å²) in [6.45, 7) is 2.11. The molecule has 2 aromatic rings. The van der Waals surface area contributed by atoms with Gasteiger partial charge in [0.05, 0.1) is 19.1 Å². The molecule has 7 heteroatoms. The van der Waals surface area contributed by atoms with Crippen molar-refractivity contribution in [1.29, 1.82) is 0 Å². The summed E-state index contributed by atoms with van der Waals surface area (Å²) in [5.41, 5.74) is 1.02. The SMILES string of the molecule is CCOC(=O)Cc1ccc(Nc2nc(O)cc(=O)[nH]2)cc1. The van der Waals surface area contributed by atoms with E-state index in [4.69, 9.17) is 4.74 Å². The molecule has 0 saturated heterocycles. The summed E-state index contributed by atoms with van der Waals surface area (Å²) >= 11 is 0. The van der Waals surface area contributed by atoms with Crippen molar-refractivity contribution < 1.29 is 14.6 Å². The average Bonchev–Trinajstić information content (AvgIpc) is 2.40. The molecule has 3 N–H and O–H groups in total. The molecule has 1 heterocycles. The van der Waals surface area contributed by atoms with Gasteiger partial charge in [0.1, 0.15) is 0 Å². The highest BCUT2D eigenvalue weighted by Gasteiger charge is 2.04. The number of aromatic hydroxyl groups is 1. The molecule has 0 aliphatic rings. The Morgan fingerprint density at radius 1 is 1.38 bits per heavy atom. The third-order valence-corrected chi connectivity index (χ3v) is 2.60. The number of rotatable bonds is 5. The van der Waals surface area contributed by atoms with Gasteiger partial charge < -0.3 is 15.2 Å². The van der Waals surface area contributed by atoms with E-state index in [9.17, 15) is 14.7 Å². The summed E-state index contributed by atoms with van der Waals surface area (Å²) in [4.78, 5) is 28.7. The zero-order chi connectivity index (χ0) is 15.2. The fraction of sp³-hybridized carbons (Fsp3) is 0.214. The number of anilines is 2. The number of hydrogen-bond acceptors (Lipinski definition) is 6. The van der Waals surface area contributed by atoms with E-state index in [0.29, 0.717) is 12.3 Å². The summed E-state index contributed by atoms with van der Waals surface area (Å²) in [6.07, 6.45) is 0.204. The van der Waals surface area contributed by atoms with Crippen molar-refractivity contribution in [2.45, 2.75) is 13.3 Å². The largest absolute Gasteiger partial charge is 0.493 e. The summed E-state index contributed by atoms with van der Waals surface area (Å²) in [5.74, 6) is -0.504. The van der Waals surface area contributed by atoms with Gasteiger partial charge in [-0.05, 0) is 24.6 Å². The lowest BCUT2D eigenvalue weighted by Gasteiger charge is -2.06. The number of nitrogens with zero attached hydrogens (tertiary/aromatic N) is 1. The highest BCUT2D eigenvalue weighted by atomic mass is 16.5. The maximum atomic E-state index is 11.3. The van der Waals surface area contributed by atoms with E-state index in [1.165, 1.54) is 0 Å². The minimum absolute atomic E-state index is 0.137. The molecule has 1 aromatic heterocycles. The summed E-state index contributed by atoms with van der Waals surface area (Å²) in [6, 6.07) is 7.98. The van der Waals surface area contributed by atoms with Crippen LogP contribution in [0.15, 0.2) is 35.1 Å². The van der Waals surface area contributed by atoms with Gasteiger partial charge in [-0.2, -0.15) is 4.98 Å². The first-order valence-corrected chi connectivity index (χ1v) is 6.38. The van der Waals surface area contributed by atoms with Crippen molar-refractivity contribution in [3.8, 4) is 5.88 Å². The molecule has 1 aromatic carbocycles. The van der Waals surface area contributed by atoms with Crippen LogP contribution in [0.5, 0.6) is 5.88 Å². The minimum Gasteiger partial charge on any atom is -0.493 e. The smallest absolute Gasteiger partial charge is 0.310 e. The molecule has 110 valence electrons. The molecule has 0 unspecified atom stereocenters. The normalized spacial score (nSPS) is 10.1. The first kappa shape index (κ1) is 14.6. The van der Waals surface area contributed by atoms with Gasteiger partial charge in [-0.15, -0.1) is 0 Å². The molecule has 7 nitrogen and oxygen atoms in total. The number of hydrogen-bond donors (Lipinski definition) is 3. The van der Waals surface area contributed by atoms with Crippen LogP contribution in [0.4, 0.5) is 11.6 Å². The Morgan fingerprint density at radius 3 is 2.71 bits per heavy atom. The van der Waals surface area contributed by atoms with E-state index in [-0.39, 0.29) is 24.2 Å². The van der Waals surface area contributed by atoms with Crippen molar-refractivity contribution in [3.05, 3.63) is 46.2 Å². The van der Waals surface area contributed by atoms with Crippen LogP contribution in [0.2, 0.25) is 0 Å². The highest BCUT2D eigenvalue weighted by Crippen LogP contribution is 2.15. The molecule has 0 bridgehead atoms. The van der Waals surface area contributed by atoms with Crippen LogP contribution in [0.3, 0.4) is 0 Å². The van der Waals surface area contributed by atoms with Gasteiger partial charge in [0.25, 0.3) is 5.56 Å². The topological polar surface area (TPSA) is 104 Å². The Morgan fingerprint density at radius 2 is 2.10 bits per heavy atom. The lowest BCUT2D eigenvalue weighted by atomic mass is 10.1. The van der Waals surface area contributed by atoms with Crippen molar-refractivity contribution >= 4 is 17.6 Å². The molecule has 0 atom stereocenters. The maximum Gasteiger partial charge on any atom is 0.310 e. The molecule has 21 heavy (non-hydrogen) atoms. The quantitative estimate of drug-likeness (QED) is 0.717. The molecule has 0 amide bonds. The van der Waals surface area contributed by atoms with Crippen molar-refractivity contribution in [2.75, 3.05) is 11.9 Å². The summed E-state index contributed by atoms with van der Waals surface area (Å²) < 4.78 is 4.87. The van der Waals surface area contributed by atoms with E-state index in [2.05, 4.69) is 15.3 Å². The van der Waals surface area contributed by atoms with Crippen LogP contribution in [-0.2, 0) is 16.0 Å². The Balaban J connectivity index is 2.05. The lowest BCUT2D eigenvalue weighted by Crippen LogP contribution is -2.09. The van der Waals surface area contributed by atoms with Crippen molar-refractivity contribution in [3.63, 3.8) is 0 Å². The number of benzene rings is 1. The molecule has 0 aliphatic heterocycles. The van der Waals surface area contributed by atoms with E-state index in [1.54, 1.807) is 31.2 Å². The monoisotopic (exact) mass is 289 g/mol. The fourth-order valence-electron chi connectivity index (χ4n) is 1.73. The third-order valence-electron chi connectivity index (χ3n) is 2.60. The van der Waals surface area contributed by atoms with Crippen molar-refractivity contribution in [2.24, 2.45) is 0 Å². The number of ether oxygens (including phenoxy) is 1. The van der Waals surface area contributed by atoms with Crippen LogP contribution >= 0.6 is 0 Å². The first-order chi connectivity index (χ1) is 10.1. The van der Waals surface area contributed by atoms with Gasteiger partial charge in [0, 0.05) is 5.69 Å². The zero-order valence-electron chi connectivity index (χ0n) is 11.4. The van der Waals surface area contributed by atoms with Gasteiger partial charge in [0.2, 0.25) is 11.8 Å². The predicted octanol–water partition coefficient (Wildman–Crippen LogP) is 1.32. The number of nitrogens with one attached hydrogen (secondary N) is 2. The standard InChI is InChI=1S/C14H15N3O4/c1-2-21-13(20)7-9-3-5-10(6-4-9)15-14-16-11(18)8-12(19)17-14/h3-6,8H,2,7H2,1H3,(H3,15,16,17,18,19). The number of esters is 1. The molecule has 0 saturated carbocycles. The predicted molar refractivity (Wildman–Crippen MR) is 76.6 cm³/mol. The van der Waals surface area contributed by atoms with Crippen LogP contribution in [0, 0.1) is 0 Å². The molecular weight excluding hydrogens is 274 g/mol. The van der Waals surface area contributed by atoms with Crippen LogP contribution in [0.1, 0.15) is 12.5 Å². The molecule has 0 aliphatic carbocycles. The number of H-pyrrole nitrogens is 1. The van der Waals surface area contributed by atoms with E-state index in [0.717, 1.165) is 11.6 Å². The molecule has 0 spiro atoms. The lowest BCUT2D eigenvalue weighted by molar-refractivity contribution is -0.142. The number of aromatic nitrogens is 2. The number of carbonyl (C=O) groups is 1. The summed E-state index contributed by atoms with van der Waals surface area (Å²) in [5, 5.41) is 12.1. The first-order valence-electron chi connectivity index (χ1n) is 6.38. The molecule has 2 rings (SSSR count). The second-order valence-electron chi connectivity index (χ2n) is 4.26. The number of carbonyl (C=O) groups excluding carboxylic acids is 1. The van der Waals surface area contributed by atoms with Crippen LogP contribution in [-0.4, -0.2) is 27.7 Å². The molecule has 0 fully saturated rings. The number of aromatic amines is 1. The van der Waals surface area contributed by atoms with Gasteiger partial charge >= 0.3 is 5.97 Å². The zero-order valence-corrected chi connectivity index (χ0v) is 11.4.